The van der Waals surface area contributed by atoms with Crippen molar-refractivity contribution in [1.29, 1.82) is 0 Å². The van der Waals surface area contributed by atoms with Crippen LogP contribution in [0.2, 0.25) is 0 Å². The number of nitrogens with zero attached hydrogens (tertiary/aromatic N) is 1. The van der Waals surface area contributed by atoms with Gasteiger partial charge >= 0.3 is 5.97 Å². The number of ketones is 1. The first-order valence-electron chi connectivity index (χ1n) is 9.80. The molecule has 2 atom stereocenters. The molecule has 3 aromatic rings. The molecule has 0 aliphatic carbocycles. The number of Topliss-reactive ketones (excluding diaryl/α,β-unsaturated/α-hetero) is 1. The Morgan fingerprint density at radius 2 is 1.23 bits per heavy atom. The summed E-state index contributed by atoms with van der Waals surface area (Å²) in [7, 11) is 0. The van der Waals surface area contributed by atoms with Crippen LogP contribution in [0.5, 0.6) is 0 Å². The van der Waals surface area contributed by atoms with Gasteiger partial charge < -0.3 is 4.74 Å². The van der Waals surface area contributed by atoms with Crippen LogP contribution in [0.1, 0.15) is 49.7 Å². The van der Waals surface area contributed by atoms with Gasteiger partial charge in [-0.1, -0.05) is 72.8 Å². The maximum absolute atomic E-state index is 13.1. The Morgan fingerprint density at radius 1 is 0.742 bits per heavy atom. The minimum Gasteiger partial charge on any atom is -0.447 e. The average Bonchev–Trinajstić information content (AvgIpc) is 3.07. The van der Waals surface area contributed by atoms with Crippen molar-refractivity contribution in [2.24, 2.45) is 0 Å². The molecule has 0 aromatic heterocycles. The first kappa shape index (κ1) is 20.2. The summed E-state index contributed by atoms with van der Waals surface area (Å²) in [4.78, 5) is 52.3. The van der Waals surface area contributed by atoms with Gasteiger partial charge in [-0.05, 0) is 19.1 Å². The Hall–Kier alpha value is -4.06. The van der Waals surface area contributed by atoms with Gasteiger partial charge in [0.2, 0.25) is 5.78 Å². The van der Waals surface area contributed by atoms with Gasteiger partial charge in [-0.25, -0.2) is 4.79 Å². The average molecular weight is 413 g/mol. The van der Waals surface area contributed by atoms with Crippen LogP contribution in [-0.2, 0) is 9.53 Å². The summed E-state index contributed by atoms with van der Waals surface area (Å²) in [6.07, 6.45) is -1.20. The zero-order valence-corrected chi connectivity index (χ0v) is 16.7. The van der Waals surface area contributed by atoms with E-state index in [1.807, 2.05) is 0 Å². The van der Waals surface area contributed by atoms with Crippen LogP contribution in [0.15, 0.2) is 84.9 Å². The minimum atomic E-state index is -1.20. The lowest BCUT2D eigenvalue weighted by molar-refractivity contribution is -0.151. The van der Waals surface area contributed by atoms with E-state index < -0.39 is 35.7 Å². The Morgan fingerprint density at radius 3 is 1.77 bits per heavy atom. The van der Waals surface area contributed by atoms with E-state index in [0.29, 0.717) is 11.1 Å². The van der Waals surface area contributed by atoms with Crippen LogP contribution < -0.4 is 0 Å². The number of ether oxygens (including phenoxy) is 1. The van der Waals surface area contributed by atoms with Gasteiger partial charge in [0.05, 0.1) is 11.1 Å². The van der Waals surface area contributed by atoms with Gasteiger partial charge in [0, 0.05) is 11.1 Å². The van der Waals surface area contributed by atoms with Gasteiger partial charge in [0.1, 0.15) is 6.04 Å². The molecule has 0 saturated carbocycles. The Kier molecular flexibility index (Phi) is 5.45. The standard InChI is InChI=1S/C25H19NO5/c1-16(26-23(28)19-14-8-9-15-20(19)24(26)29)25(30)31-22(18-12-6-3-7-13-18)21(27)17-10-4-2-5-11-17/h2-16,22H,1H3/t16-,22+/m0/s1. The first-order chi connectivity index (χ1) is 15.0. The van der Waals surface area contributed by atoms with Crippen LogP contribution in [0.3, 0.4) is 0 Å². The second kappa shape index (κ2) is 8.36. The van der Waals surface area contributed by atoms with Crippen LogP contribution >= 0.6 is 0 Å². The number of benzene rings is 3. The zero-order chi connectivity index (χ0) is 22.0. The van der Waals surface area contributed by atoms with Crippen LogP contribution in [0.25, 0.3) is 0 Å². The molecule has 2 amide bonds. The molecule has 1 heterocycles. The van der Waals surface area contributed by atoms with Gasteiger partial charge in [-0.15, -0.1) is 0 Å². The summed E-state index contributed by atoms with van der Waals surface area (Å²) in [6, 6.07) is 22.3. The van der Waals surface area contributed by atoms with E-state index in [1.165, 1.54) is 6.92 Å². The molecule has 6 nitrogen and oxygen atoms in total. The molecular formula is C25H19NO5. The molecular weight excluding hydrogens is 394 g/mol. The molecule has 0 unspecified atom stereocenters. The number of fused-ring (bicyclic) bond motifs is 1. The minimum absolute atomic E-state index is 0.243. The van der Waals surface area contributed by atoms with Crippen molar-refractivity contribution in [3.8, 4) is 0 Å². The molecule has 0 N–H and O–H groups in total. The third-order valence-electron chi connectivity index (χ3n) is 5.19. The fourth-order valence-electron chi connectivity index (χ4n) is 3.53. The molecule has 1 aliphatic rings. The summed E-state index contributed by atoms with van der Waals surface area (Å²) in [6.45, 7) is 1.42. The van der Waals surface area contributed by atoms with Crippen molar-refractivity contribution < 1.29 is 23.9 Å². The van der Waals surface area contributed by atoms with Crippen LogP contribution in [0.4, 0.5) is 0 Å². The lowest BCUT2D eigenvalue weighted by Gasteiger charge is -2.24. The molecule has 31 heavy (non-hydrogen) atoms. The highest BCUT2D eigenvalue weighted by Crippen LogP contribution is 2.27. The van der Waals surface area contributed by atoms with Crippen molar-refractivity contribution in [2.75, 3.05) is 0 Å². The van der Waals surface area contributed by atoms with Crippen molar-refractivity contribution in [3.05, 3.63) is 107 Å². The van der Waals surface area contributed by atoms with Crippen molar-refractivity contribution in [2.45, 2.75) is 19.1 Å². The molecule has 3 aromatic carbocycles. The van der Waals surface area contributed by atoms with E-state index in [9.17, 15) is 19.2 Å². The molecule has 0 saturated heterocycles. The SMILES string of the molecule is C[C@@H](C(=O)O[C@@H](C(=O)c1ccccc1)c1ccccc1)N1C(=O)c2ccccc2C1=O. The predicted molar refractivity (Wildman–Crippen MR) is 112 cm³/mol. The van der Waals surface area contributed by atoms with Crippen molar-refractivity contribution >= 4 is 23.6 Å². The second-order valence-corrected chi connectivity index (χ2v) is 7.16. The smallest absolute Gasteiger partial charge is 0.330 e. The van der Waals surface area contributed by atoms with Crippen LogP contribution in [0, 0.1) is 0 Å². The number of amides is 2. The molecule has 6 heteroatoms. The largest absolute Gasteiger partial charge is 0.447 e. The van der Waals surface area contributed by atoms with Crippen molar-refractivity contribution in [1.82, 2.24) is 4.90 Å². The lowest BCUT2D eigenvalue weighted by Crippen LogP contribution is -2.44. The molecule has 0 spiro atoms. The molecule has 0 radical (unpaired) electrons. The third-order valence-corrected chi connectivity index (χ3v) is 5.19. The van der Waals surface area contributed by atoms with E-state index in [1.54, 1.807) is 84.9 Å². The number of hydrogen-bond donors (Lipinski definition) is 0. The Balaban J connectivity index is 1.60. The van der Waals surface area contributed by atoms with E-state index in [-0.39, 0.29) is 11.1 Å². The molecule has 1 aliphatic heterocycles. The highest BCUT2D eigenvalue weighted by molar-refractivity contribution is 6.22. The molecule has 154 valence electrons. The maximum atomic E-state index is 13.1. The number of hydrogen-bond acceptors (Lipinski definition) is 5. The summed E-state index contributed by atoms with van der Waals surface area (Å²) < 4.78 is 5.59. The number of carbonyl (C=O) groups is 4. The van der Waals surface area contributed by atoms with Crippen LogP contribution in [-0.4, -0.2) is 34.5 Å². The zero-order valence-electron chi connectivity index (χ0n) is 16.7. The van der Waals surface area contributed by atoms with E-state index >= 15 is 0 Å². The maximum Gasteiger partial charge on any atom is 0.330 e. The van der Waals surface area contributed by atoms with Gasteiger partial charge in [0.15, 0.2) is 6.10 Å². The molecule has 0 fully saturated rings. The Bertz CT molecular complexity index is 1120. The summed E-state index contributed by atoms with van der Waals surface area (Å²) in [5, 5.41) is 0. The summed E-state index contributed by atoms with van der Waals surface area (Å²) >= 11 is 0. The number of carbonyl (C=O) groups excluding carboxylic acids is 4. The van der Waals surface area contributed by atoms with E-state index in [4.69, 9.17) is 4.74 Å². The topological polar surface area (TPSA) is 80.8 Å². The quantitative estimate of drug-likeness (QED) is 0.348. The number of esters is 1. The predicted octanol–water partition coefficient (Wildman–Crippen LogP) is 3.84. The normalized spacial score (nSPS) is 14.7. The highest BCUT2D eigenvalue weighted by Gasteiger charge is 2.42. The number of rotatable bonds is 6. The van der Waals surface area contributed by atoms with Gasteiger partial charge in [-0.3, -0.25) is 19.3 Å². The third kappa shape index (κ3) is 3.75. The Labute approximate surface area is 179 Å². The highest BCUT2D eigenvalue weighted by atomic mass is 16.5. The fraction of sp³-hybridized carbons (Fsp3) is 0.120. The summed E-state index contributed by atoms with van der Waals surface area (Å²) in [5.74, 6) is -2.35. The first-order valence-corrected chi connectivity index (χ1v) is 9.80. The lowest BCUT2D eigenvalue weighted by atomic mass is 10.00. The number of imide groups is 1. The molecule has 4 rings (SSSR count). The van der Waals surface area contributed by atoms with E-state index in [2.05, 4.69) is 0 Å². The fourth-order valence-corrected chi connectivity index (χ4v) is 3.53. The second-order valence-electron chi connectivity index (χ2n) is 7.16. The van der Waals surface area contributed by atoms with Crippen molar-refractivity contribution in [3.63, 3.8) is 0 Å². The van der Waals surface area contributed by atoms with Gasteiger partial charge in [-0.2, -0.15) is 0 Å². The monoisotopic (exact) mass is 413 g/mol. The van der Waals surface area contributed by atoms with Gasteiger partial charge in [0.25, 0.3) is 11.8 Å². The summed E-state index contributed by atoms with van der Waals surface area (Å²) in [5.41, 5.74) is 1.37. The molecule has 0 bridgehead atoms. The van der Waals surface area contributed by atoms with E-state index in [0.717, 1.165) is 4.90 Å².